The van der Waals surface area contributed by atoms with E-state index in [0.717, 1.165) is 0 Å². The second-order valence-corrected chi connectivity index (χ2v) is 5.61. The second kappa shape index (κ2) is 6.66. The Kier molecular flexibility index (Phi) is 4.90. The van der Waals surface area contributed by atoms with Crippen molar-refractivity contribution in [2.45, 2.75) is 32.6 Å². The maximum absolute atomic E-state index is 11.8. The van der Waals surface area contributed by atoms with Crippen molar-refractivity contribution >= 4 is 29.0 Å². The summed E-state index contributed by atoms with van der Waals surface area (Å²) in [5, 5.41) is 5.88. The number of rotatable bonds is 3. The molecule has 2 amide bonds. The lowest BCUT2D eigenvalue weighted by Crippen LogP contribution is -2.24. The van der Waals surface area contributed by atoms with E-state index in [-0.39, 0.29) is 6.03 Å². The number of halogens is 1. The van der Waals surface area contributed by atoms with Gasteiger partial charge in [-0.3, -0.25) is 0 Å². The zero-order valence-electron chi connectivity index (χ0n) is 11.6. The fourth-order valence-corrected chi connectivity index (χ4v) is 2.71. The van der Waals surface area contributed by atoms with E-state index in [1.165, 1.54) is 31.3 Å². The molecule has 1 aromatic carbocycles. The van der Waals surface area contributed by atoms with Crippen LogP contribution < -0.4 is 16.4 Å². The van der Waals surface area contributed by atoms with Crippen LogP contribution in [0.3, 0.4) is 0 Å². The third-order valence-electron chi connectivity index (χ3n) is 3.67. The van der Waals surface area contributed by atoms with Gasteiger partial charge in [-0.1, -0.05) is 30.0 Å². The highest BCUT2D eigenvalue weighted by molar-refractivity contribution is 6.34. The van der Waals surface area contributed by atoms with E-state index in [0.29, 0.717) is 22.3 Å². The number of hydrogen-bond donors (Lipinski definition) is 3. The minimum absolute atomic E-state index is 0.297. The molecule has 0 atom stereocenters. The predicted octanol–water partition coefficient (Wildman–Crippen LogP) is 4.14. The number of nitrogens with two attached hydrogens (primary N) is 1. The first-order chi connectivity index (χ1) is 9.56. The molecule has 1 saturated carbocycles. The van der Waals surface area contributed by atoms with E-state index in [9.17, 15) is 4.79 Å². The van der Waals surface area contributed by atoms with Crippen molar-refractivity contribution in [3.05, 3.63) is 35.0 Å². The monoisotopic (exact) mass is 293 g/mol. The van der Waals surface area contributed by atoms with Crippen LogP contribution in [0, 0.1) is 5.92 Å². The van der Waals surface area contributed by atoms with Crippen LogP contribution in [0.1, 0.15) is 32.6 Å². The molecule has 0 aliphatic heterocycles. The molecule has 0 aromatic heterocycles. The van der Waals surface area contributed by atoms with Gasteiger partial charge < -0.3 is 16.4 Å². The Morgan fingerprint density at radius 3 is 2.75 bits per heavy atom. The topological polar surface area (TPSA) is 67.2 Å². The number of allylic oxidation sites excluding steroid dienone is 1. The van der Waals surface area contributed by atoms with Crippen molar-refractivity contribution in [1.29, 1.82) is 0 Å². The molecular formula is C15H20ClN3O. The molecule has 0 spiro atoms. The molecule has 1 aliphatic carbocycles. The van der Waals surface area contributed by atoms with Crippen molar-refractivity contribution in [3.63, 3.8) is 0 Å². The molecule has 4 nitrogen and oxygen atoms in total. The van der Waals surface area contributed by atoms with Crippen LogP contribution in [0.15, 0.2) is 30.0 Å². The quantitative estimate of drug-likeness (QED) is 0.733. The van der Waals surface area contributed by atoms with Crippen LogP contribution in [0.2, 0.25) is 5.02 Å². The molecule has 0 saturated heterocycles. The van der Waals surface area contributed by atoms with Crippen LogP contribution in [-0.4, -0.2) is 6.03 Å². The zero-order chi connectivity index (χ0) is 14.5. The summed E-state index contributed by atoms with van der Waals surface area (Å²) in [6, 6.07) is 4.69. The summed E-state index contributed by atoms with van der Waals surface area (Å²) in [5.41, 5.74) is 7.94. The minimum atomic E-state index is -0.297. The minimum Gasteiger partial charge on any atom is -0.399 e. The van der Waals surface area contributed by atoms with Gasteiger partial charge in [0.15, 0.2) is 0 Å². The van der Waals surface area contributed by atoms with Gasteiger partial charge in [0.25, 0.3) is 0 Å². The first kappa shape index (κ1) is 14.7. The molecule has 0 bridgehead atoms. The highest BCUT2D eigenvalue weighted by Gasteiger charge is 2.16. The number of hydrogen-bond acceptors (Lipinski definition) is 2. The van der Waals surface area contributed by atoms with Gasteiger partial charge in [-0.25, -0.2) is 4.79 Å². The predicted molar refractivity (Wildman–Crippen MR) is 83.7 cm³/mol. The Morgan fingerprint density at radius 1 is 1.40 bits per heavy atom. The number of anilines is 2. The first-order valence-corrected chi connectivity index (χ1v) is 7.23. The molecule has 0 radical (unpaired) electrons. The standard InChI is InChI=1S/C15H20ClN3O/c1-10(11-4-2-3-5-11)9-18-15(20)19-14-7-6-12(17)8-13(14)16/h6-9,11H,2-5,17H2,1H3,(H2,18,19,20)/b10-9+. The Hall–Kier alpha value is -1.68. The van der Waals surface area contributed by atoms with Crippen molar-refractivity contribution in [1.82, 2.24) is 5.32 Å². The van der Waals surface area contributed by atoms with E-state index < -0.39 is 0 Å². The summed E-state index contributed by atoms with van der Waals surface area (Å²) in [7, 11) is 0. The molecule has 4 N–H and O–H groups in total. The lowest BCUT2D eigenvalue weighted by atomic mass is 10.0. The molecule has 5 heteroatoms. The molecule has 1 fully saturated rings. The smallest absolute Gasteiger partial charge is 0.323 e. The summed E-state index contributed by atoms with van der Waals surface area (Å²) >= 11 is 6.00. The van der Waals surface area contributed by atoms with E-state index in [4.69, 9.17) is 17.3 Å². The Balaban J connectivity index is 1.90. The number of nitrogens with one attached hydrogen (secondary N) is 2. The number of urea groups is 1. The first-order valence-electron chi connectivity index (χ1n) is 6.85. The van der Waals surface area contributed by atoms with Gasteiger partial charge in [-0.15, -0.1) is 0 Å². The SMILES string of the molecule is C/C(=C\NC(=O)Nc1ccc(N)cc1Cl)C1CCCC1. The van der Waals surface area contributed by atoms with Crippen LogP contribution in [-0.2, 0) is 0 Å². The van der Waals surface area contributed by atoms with Crippen LogP contribution in [0.4, 0.5) is 16.2 Å². The van der Waals surface area contributed by atoms with Gasteiger partial charge in [0, 0.05) is 11.9 Å². The van der Waals surface area contributed by atoms with E-state index in [1.54, 1.807) is 24.4 Å². The third-order valence-corrected chi connectivity index (χ3v) is 3.98. The van der Waals surface area contributed by atoms with Gasteiger partial charge in [-0.05, 0) is 43.9 Å². The number of carbonyl (C=O) groups excluding carboxylic acids is 1. The maximum Gasteiger partial charge on any atom is 0.323 e. The molecule has 0 unspecified atom stereocenters. The fraction of sp³-hybridized carbons (Fsp3) is 0.400. The molecular weight excluding hydrogens is 274 g/mol. The van der Waals surface area contributed by atoms with Crippen LogP contribution in [0.25, 0.3) is 0 Å². The average molecular weight is 294 g/mol. The maximum atomic E-state index is 11.8. The van der Waals surface area contributed by atoms with Crippen molar-refractivity contribution in [3.8, 4) is 0 Å². The third kappa shape index (κ3) is 3.90. The van der Waals surface area contributed by atoms with E-state index in [2.05, 4.69) is 17.6 Å². The summed E-state index contributed by atoms with van der Waals surface area (Å²) in [6.45, 7) is 2.06. The van der Waals surface area contributed by atoms with Crippen molar-refractivity contribution in [2.75, 3.05) is 11.1 Å². The summed E-state index contributed by atoms with van der Waals surface area (Å²) in [4.78, 5) is 11.8. The average Bonchev–Trinajstić information content (AvgIpc) is 2.93. The lowest BCUT2D eigenvalue weighted by Gasteiger charge is -2.11. The molecule has 1 aromatic rings. The Labute approximate surface area is 124 Å². The van der Waals surface area contributed by atoms with Crippen LogP contribution in [0.5, 0.6) is 0 Å². The zero-order valence-corrected chi connectivity index (χ0v) is 12.3. The summed E-state index contributed by atoms with van der Waals surface area (Å²) in [5.74, 6) is 0.607. The highest BCUT2D eigenvalue weighted by Crippen LogP contribution is 2.30. The normalized spacial score (nSPS) is 16.2. The Morgan fingerprint density at radius 2 is 2.10 bits per heavy atom. The molecule has 0 heterocycles. The largest absolute Gasteiger partial charge is 0.399 e. The number of benzene rings is 1. The molecule has 108 valence electrons. The van der Waals surface area contributed by atoms with E-state index in [1.807, 2.05) is 0 Å². The lowest BCUT2D eigenvalue weighted by molar-refractivity contribution is 0.255. The molecule has 20 heavy (non-hydrogen) atoms. The number of amides is 2. The molecule has 2 rings (SSSR count). The molecule has 1 aliphatic rings. The van der Waals surface area contributed by atoms with E-state index >= 15 is 0 Å². The van der Waals surface area contributed by atoms with Gasteiger partial charge in [0.05, 0.1) is 10.7 Å². The van der Waals surface area contributed by atoms with Crippen molar-refractivity contribution in [2.24, 2.45) is 5.92 Å². The fourth-order valence-electron chi connectivity index (χ4n) is 2.47. The highest BCUT2D eigenvalue weighted by atomic mass is 35.5. The van der Waals surface area contributed by atoms with Gasteiger partial charge in [0.1, 0.15) is 0 Å². The van der Waals surface area contributed by atoms with Crippen LogP contribution >= 0.6 is 11.6 Å². The number of carbonyl (C=O) groups is 1. The van der Waals surface area contributed by atoms with Crippen molar-refractivity contribution < 1.29 is 4.79 Å². The summed E-state index contributed by atoms with van der Waals surface area (Å²) < 4.78 is 0. The number of nitrogen functional groups attached to an aromatic ring is 1. The van der Waals surface area contributed by atoms with Gasteiger partial charge >= 0.3 is 6.03 Å². The van der Waals surface area contributed by atoms with Gasteiger partial charge in [0.2, 0.25) is 0 Å². The second-order valence-electron chi connectivity index (χ2n) is 5.21. The summed E-state index contributed by atoms with van der Waals surface area (Å²) in [6.07, 6.45) is 6.79. The Bertz CT molecular complexity index is 522. The van der Waals surface area contributed by atoms with Gasteiger partial charge in [-0.2, -0.15) is 0 Å².